The van der Waals surface area contributed by atoms with Crippen LogP contribution in [0.25, 0.3) is 0 Å². The summed E-state index contributed by atoms with van der Waals surface area (Å²) in [7, 11) is 1.60. The van der Waals surface area contributed by atoms with E-state index in [2.05, 4.69) is 10.6 Å². The molecule has 0 heterocycles. The Balaban J connectivity index is 2.10. The number of aliphatic hydroxyl groups is 1. The van der Waals surface area contributed by atoms with Gasteiger partial charge in [-0.2, -0.15) is 0 Å². The van der Waals surface area contributed by atoms with Gasteiger partial charge in [-0.1, -0.05) is 29.8 Å². The summed E-state index contributed by atoms with van der Waals surface area (Å²) in [5, 5.41) is 15.9. The summed E-state index contributed by atoms with van der Waals surface area (Å²) in [6, 6.07) is 7.44. The molecular weight excluding hydrogens is 280 g/mol. The van der Waals surface area contributed by atoms with E-state index in [1.165, 1.54) is 0 Å². The highest BCUT2D eigenvalue weighted by atomic mass is 35.5. The fourth-order valence-electron chi connectivity index (χ4n) is 1.57. The Labute approximate surface area is 124 Å². The molecule has 0 spiro atoms. The second-order valence-electron chi connectivity index (χ2n) is 4.39. The van der Waals surface area contributed by atoms with Crippen LogP contribution in [0, 0.1) is 0 Å². The molecule has 0 saturated carbocycles. The van der Waals surface area contributed by atoms with Crippen LogP contribution >= 0.6 is 11.6 Å². The zero-order valence-corrected chi connectivity index (χ0v) is 12.3. The van der Waals surface area contributed by atoms with E-state index >= 15 is 0 Å². The van der Waals surface area contributed by atoms with Crippen molar-refractivity contribution >= 4 is 17.5 Å². The van der Waals surface area contributed by atoms with Crippen molar-refractivity contribution in [1.29, 1.82) is 0 Å². The Hall–Kier alpha value is -1.14. The molecule has 1 atom stereocenters. The number of nitrogens with one attached hydrogen (secondary N) is 2. The van der Waals surface area contributed by atoms with Crippen molar-refractivity contribution < 1.29 is 14.6 Å². The van der Waals surface area contributed by atoms with E-state index in [1.54, 1.807) is 13.1 Å². The van der Waals surface area contributed by atoms with Crippen molar-refractivity contribution in [1.82, 2.24) is 10.6 Å². The third-order valence-corrected chi connectivity index (χ3v) is 3.08. The van der Waals surface area contributed by atoms with Crippen LogP contribution in [0.4, 0.5) is 0 Å². The first-order chi connectivity index (χ1) is 9.63. The van der Waals surface area contributed by atoms with E-state index in [0.717, 1.165) is 5.56 Å². The predicted molar refractivity (Wildman–Crippen MR) is 78.7 cm³/mol. The summed E-state index contributed by atoms with van der Waals surface area (Å²) in [4.78, 5) is 11.0. The first-order valence-corrected chi connectivity index (χ1v) is 6.91. The van der Waals surface area contributed by atoms with E-state index < -0.39 is 6.10 Å². The summed E-state index contributed by atoms with van der Waals surface area (Å²) < 4.78 is 5.41. The molecule has 1 aromatic carbocycles. The van der Waals surface area contributed by atoms with Crippen LogP contribution in [0.15, 0.2) is 24.3 Å². The average Bonchev–Trinajstić information content (AvgIpc) is 2.45. The van der Waals surface area contributed by atoms with E-state index in [1.807, 2.05) is 18.2 Å². The third-order valence-electron chi connectivity index (χ3n) is 2.71. The molecule has 1 amide bonds. The van der Waals surface area contributed by atoms with Gasteiger partial charge in [0.25, 0.3) is 0 Å². The molecule has 0 aromatic heterocycles. The molecule has 0 saturated heterocycles. The molecule has 5 nitrogen and oxygen atoms in total. The molecule has 0 fully saturated rings. The molecular formula is C14H21ClN2O3. The Bertz CT molecular complexity index is 415. The quantitative estimate of drug-likeness (QED) is 0.594. The van der Waals surface area contributed by atoms with Crippen molar-refractivity contribution in [2.24, 2.45) is 0 Å². The van der Waals surface area contributed by atoms with E-state index in [0.29, 0.717) is 31.1 Å². The largest absolute Gasteiger partial charge is 0.389 e. The van der Waals surface area contributed by atoms with Crippen molar-refractivity contribution in [3.8, 4) is 0 Å². The normalized spacial score (nSPS) is 12.2. The summed E-state index contributed by atoms with van der Waals surface area (Å²) in [6.07, 6.45) is -0.217. The summed E-state index contributed by atoms with van der Waals surface area (Å²) in [5.74, 6) is -0.0260. The lowest BCUT2D eigenvalue weighted by atomic mass is 10.2. The number of hydrogen-bond acceptors (Lipinski definition) is 4. The van der Waals surface area contributed by atoms with E-state index in [4.69, 9.17) is 16.3 Å². The van der Waals surface area contributed by atoms with Gasteiger partial charge in [-0.15, -0.1) is 0 Å². The van der Waals surface area contributed by atoms with Gasteiger partial charge < -0.3 is 20.5 Å². The van der Waals surface area contributed by atoms with Gasteiger partial charge in [0.1, 0.15) is 0 Å². The first kappa shape index (κ1) is 16.9. The molecule has 1 unspecified atom stereocenters. The Kier molecular flexibility index (Phi) is 8.22. The molecule has 112 valence electrons. The number of aliphatic hydroxyl groups excluding tert-OH is 1. The first-order valence-electron chi connectivity index (χ1n) is 6.54. The van der Waals surface area contributed by atoms with Gasteiger partial charge in [0.15, 0.2) is 0 Å². The maximum Gasteiger partial charge on any atom is 0.221 e. The number of carbonyl (C=O) groups excluding carboxylic acids is 1. The Morgan fingerprint density at radius 2 is 2.20 bits per heavy atom. The predicted octanol–water partition coefficient (Wildman–Crippen LogP) is 0.943. The number of halogens is 1. The van der Waals surface area contributed by atoms with Crippen LogP contribution in [-0.2, 0) is 16.1 Å². The monoisotopic (exact) mass is 300 g/mol. The smallest absolute Gasteiger partial charge is 0.221 e. The molecule has 0 radical (unpaired) electrons. The van der Waals surface area contributed by atoms with Crippen LogP contribution in [0.3, 0.4) is 0 Å². The minimum absolute atomic E-state index is 0.0260. The van der Waals surface area contributed by atoms with Gasteiger partial charge in [0.05, 0.1) is 19.3 Å². The standard InChI is InChI=1S/C14H21ClN2O3/c1-16-14(19)6-7-17-8-12(18)10-20-9-11-4-2-3-5-13(11)15/h2-5,12,17-18H,6-10H2,1H3,(H,16,19). The van der Waals surface area contributed by atoms with Crippen molar-refractivity contribution in [3.05, 3.63) is 34.9 Å². The Morgan fingerprint density at radius 1 is 1.45 bits per heavy atom. The van der Waals surface area contributed by atoms with Crippen LogP contribution in [0.5, 0.6) is 0 Å². The van der Waals surface area contributed by atoms with Gasteiger partial charge >= 0.3 is 0 Å². The second-order valence-corrected chi connectivity index (χ2v) is 4.79. The van der Waals surface area contributed by atoms with Crippen LogP contribution < -0.4 is 10.6 Å². The number of benzene rings is 1. The van der Waals surface area contributed by atoms with Gasteiger partial charge in [-0.05, 0) is 11.6 Å². The van der Waals surface area contributed by atoms with Gasteiger partial charge in [0.2, 0.25) is 5.91 Å². The molecule has 20 heavy (non-hydrogen) atoms. The fraction of sp³-hybridized carbons (Fsp3) is 0.500. The molecule has 0 aliphatic carbocycles. The highest BCUT2D eigenvalue weighted by Gasteiger charge is 2.06. The molecule has 0 aliphatic heterocycles. The highest BCUT2D eigenvalue weighted by molar-refractivity contribution is 6.31. The van der Waals surface area contributed by atoms with Crippen molar-refractivity contribution in [2.45, 2.75) is 19.1 Å². The second kappa shape index (κ2) is 9.72. The molecule has 1 rings (SSSR count). The zero-order valence-electron chi connectivity index (χ0n) is 11.6. The Morgan fingerprint density at radius 3 is 2.90 bits per heavy atom. The lowest BCUT2D eigenvalue weighted by Gasteiger charge is -2.12. The SMILES string of the molecule is CNC(=O)CCNCC(O)COCc1ccccc1Cl. The lowest BCUT2D eigenvalue weighted by molar-refractivity contribution is -0.120. The highest BCUT2D eigenvalue weighted by Crippen LogP contribution is 2.15. The van der Waals surface area contributed by atoms with Crippen LogP contribution in [-0.4, -0.2) is 43.9 Å². The van der Waals surface area contributed by atoms with Gasteiger partial charge in [-0.25, -0.2) is 0 Å². The zero-order chi connectivity index (χ0) is 14.8. The molecule has 0 bridgehead atoms. The van der Waals surface area contributed by atoms with Crippen molar-refractivity contribution in [2.75, 3.05) is 26.7 Å². The average molecular weight is 301 g/mol. The number of rotatable bonds is 9. The van der Waals surface area contributed by atoms with Gasteiger partial charge in [0, 0.05) is 31.6 Å². The minimum atomic E-state index is -0.609. The number of hydrogen-bond donors (Lipinski definition) is 3. The molecule has 6 heteroatoms. The summed E-state index contributed by atoms with van der Waals surface area (Å²) in [6.45, 7) is 1.51. The van der Waals surface area contributed by atoms with Gasteiger partial charge in [-0.3, -0.25) is 4.79 Å². The number of carbonyl (C=O) groups is 1. The molecule has 3 N–H and O–H groups in total. The number of amides is 1. The topological polar surface area (TPSA) is 70.6 Å². The maximum absolute atomic E-state index is 11.0. The lowest BCUT2D eigenvalue weighted by Crippen LogP contribution is -2.33. The van der Waals surface area contributed by atoms with Crippen molar-refractivity contribution in [3.63, 3.8) is 0 Å². The minimum Gasteiger partial charge on any atom is -0.389 e. The fourth-order valence-corrected chi connectivity index (χ4v) is 1.77. The third kappa shape index (κ3) is 6.86. The van der Waals surface area contributed by atoms with E-state index in [-0.39, 0.29) is 12.5 Å². The summed E-state index contributed by atoms with van der Waals surface area (Å²) in [5.41, 5.74) is 0.897. The molecule has 0 aliphatic rings. The maximum atomic E-state index is 11.0. The summed E-state index contributed by atoms with van der Waals surface area (Å²) >= 11 is 5.99. The van der Waals surface area contributed by atoms with E-state index in [9.17, 15) is 9.90 Å². The van der Waals surface area contributed by atoms with Crippen LogP contribution in [0.2, 0.25) is 5.02 Å². The van der Waals surface area contributed by atoms with Crippen LogP contribution in [0.1, 0.15) is 12.0 Å². The number of ether oxygens (including phenoxy) is 1. The molecule has 1 aromatic rings.